The molecule has 0 aliphatic heterocycles. The lowest BCUT2D eigenvalue weighted by atomic mass is 10.1. The molecule has 0 fully saturated rings. The van der Waals surface area contributed by atoms with Crippen LogP contribution in [-0.2, 0) is 0 Å². The number of aromatic nitrogens is 1. The molecule has 30 heavy (non-hydrogen) atoms. The molecule has 0 saturated carbocycles. The Labute approximate surface area is 183 Å². The lowest BCUT2D eigenvalue weighted by Gasteiger charge is -2.08. The Morgan fingerprint density at radius 1 is 1.00 bits per heavy atom. The average molecular weight is 436 g/mol. The number of anilines is 3. The number of ether oxygens (including phenoxy) is 1. The van der Waals surface area contributed by atoms with E-state index in [9.17, 15) is 4.79 Å². The van der Waals surface area contributed by atoms with Gasteiger partial charge in [0.15, 0.2) is 5.13 Å². The van der Waals surface area contributed by atoms with Gasteiger partial charge in [-0.3, -0.25) is 4.79 Å². The molecule has 0 bridgehead atoms. The zero-order valence-corrected chi connectivity index (χ0v) is 17.6. The fourth-order valence-electron chi connectivity index (χ4n) is 2.89. The number of hydrogen-bond acceptors (Lipinski definition) is 5. The topological polar surface area (TPSA) is 63.2 Å². The van der Waals surface area contributed by atoms with E-state index in [-0.39, 0.29) is 5.91 Å². The average Bonchev–Trinajstić information content (AvgIpc) is 3.23. The van der Waals surface area contributed by atoms with Gasteiger partial charge in [-0.25, -0.2) is 4.98 Å². The Bertz CT molecular complexity index is 1180. The van der Waals surface area contributed by atoms with E-state index in [1.54, 1.807) is 31.4 Å². The Hall–Kier alpha value is -3.35. The number of carbonyl (C=O) groups is 1. The van der Waals surface area contributed by atoms with E-state index in [0.29, 0.717) is 16.3 Å². The van der Waals surface area contributed by atoms with Crippen molar-refractivity contribution in [1.82, 2.24) is 4.98 Å². The summed E-state index contributed by atoms with van der Waals surface area (Å²) in [6.07, 6.45) is 0. The third kappa shape index (κ3) is 4.45. The van der Waals surface area contributed by atoms with Gasteiger partial charge in [-0.05, 0) is 36.4 Å². The molecule has 3 aromatic carbocycles. The maximum absolute atomic E-state index is 12.4. The second kappa shape index (κ2) is 8.98. The fraction of sp³-hybridized carbons (Fsp3) is 0.0435. The van der Waals surface area contributed by atoms with Gasteiger partial charge >= 0.3 is 0 Å². The molecule has 0 aliphatic rings. The van der Waals surface area contributed by atoms with Crippen LogP contribution in [0.15, 0.2) is 78.2 Å². The monoisotopic (exact) mass is 435 g/mol. The quantitative estimate of drug-likeness (QED) is 0.364. The molecule has 4 aromatic rings. The molecule has 0 saturated heterocycles. The Balaban J connectivity index is 1.46. The summed E-state index contributed by atoms with van der Waals surface area (Å²) < 4.78 is 5.36. The van der Waals surface area contributed by atoms with E-state index in [2.05, 4.69) is 15.6 Å². The number of halogens is 1. The van der Waals surface area contributed by atoms with Crippen LogP contribution in [-0.4, -0.2) is 18.0 Å². The summed E-state index contributed by atoms with van der Waals surface area (Å²) in [4.78, 5) is 17.0. The summed E-state index contributed by atoms with van der Waals surface area (Å²) in [7, 11) is 1.64. The molecule has 2 N–H and O–H groups in total. The lowest BCUT2D eigenvalue weighted by Crippen LogP contribution is -2.12. The SMILES string of the molecule is COc1ccccc1Nc1nc(-c2ccc(NC(=O)c3ccccc3Cl)cc2)cs1. The number of amides is 1. The van der Waals surface area contributed by atoms with Crippen molar-refractivity contribution in [3.05, 3.63) is 88.8 Å². The molecule has 7 heteroatoms. The van der Waals surface area contributed by atoms with E-state index < -0.39 is 0 Å². The zero-order chi connectivity index (χ0) is 20.9. The number of para-hydroxylation sites is 2. The molecule has 1 aromatic heterocycles. The van der Waals surface area contributed by atoms with Gasteiger partial charge in [0.1, 0.15) is 5.75 Å². The summed E-state index contributed by atoms with van der Waals surface area (Å²) in [5, 5.41) is 9.32. The molecule has 1 amide bonds. The Kier molecular flexibility index (Phi) is 5.97. The van der Waals surface area contributed by atoms with Gasteiger partial charge in [0.05, 0.1) is 29.1 Å². The second-order valence-corrected chi connectivity index (χ2v) is 7.64. The van der Waals surface area contributed by atoms with E-state index in [0.717, 1.165) is 27.8 Å². The highest BCUT2D eigenvalue weighted by Gasteiger charge is 2.11. The molecule has 0 spiro atoms. The van der Waals surface area contributed by atoms with Crippen molar-refractivity contribution in [1.29, 1.82) is 0 Å². The number of rotatable bonds is 6. The van der Waals surface area contributed by atoms with Crippen molar-refractivity contribution < 1.29 is 9.53 Å². The van der Waals surface area contributed by atoms with Crippen molar-refractivity contribution in [3.63, 3.8) is 0 Å². The first-order chi connectivity index (χ1) is 14.6. The van der Waals surface area contributed by atoms with Crippen LogP contribution in [0.4, 0.5) is 16.5 Å². The fourth-order valence-corrected chi connectivity index (χ4v) is 3.85. The number of benzene rings is 3. The normalized spacial score (nSPS) is 10.5. The summed E-state index contributed by atoms with van der Waals surface area (Å²) >= 11 is 7.60. The number of hydrogen-bond donors (Lipinski definition) is 2. The Morgan fingerprint density at radius 2 is 1.73 bits per heavy atom. The van der Waals surface area contributed by atoms with Crippen LogP contribution in [0.5, 0.6) is 5.75 Å². The first-order valence-corrected chi connectivity index (χ1v) is 10.4. The zero-order valence-electron chi connectivity index (χ0n) is 16.1. The smallest absolute Gasteiger partial charge is 0.257 e. The first kappa shape index (κ1) is 19.9. The summed E-state index contributed by atoms with van der Waals surface area (Å²) in [5.41, 5.74) is 3.79. The van der Waals surface area contributed by atoms with Crippen LogP contribution < -0.4 is 15.4 Å². The van der Waals surface area contributed by atoms with Gasteiger partial charge in [0.25, 0.3) is 5.91 Å². The van der Waals surface area contributed by atoms with Crippen LogP contribution in [0.3, 0.4) is 0 Å². The predicted molar refractivity (Wildman–Crippen MR) is 123 cm³/mol. The molecule has 1 heterocycles. The minimum absolute atomic E-state index is 0.245. The van der Waals surface area contributed by atoms with Crippen molar-refractivity contribution in [2.24, 2.45) is 0 Å². The molecular formula is C23H18ClN3O2S. The van der Waals surface area contributed by atoms with Gasteiger partial charge in [-0.1, -0.05) is 48.0 Å². The van der Waals surface area contributed by atoms with Crippen LogP contribution in [0, 0.1) is 0 Å². The van der Waals surface area contributed by atoms with Gasteiger partial charge in [-0.15, -0.1) is 11.3 Å². The predicted octanol–water partition coefficient (Wildman–Crippen LogP) is 6.47. The maximum Gasteiger partial charge on any atom is 0.257 e. The number of nitrogens with one attached hydrogen (secondary N) is 2. The number of methoxy groups -OCH3 is 1. The molecule has 5 nitrogen and oxygen atoms in total. The lowest BCUT2D eigenvalue weighted by molar-refractivity contribution is 0.102. The van der Waals surface area contributed by atoms with Crippen molar-refractivity contribution >= 4 is 45.4 Å². The van der Waals surface area contributed by atoms with Crippen LogP contribution in [0.25, 0.3) is 11.3 Å². The third-order valence-corrected chi connectivity index (χ3v) is 5.50. The van der Waals surface area contributed by atoms with E-state index >= 15 is 0 Å². The minimum atomic E-state index is -0.245. The highest BCUT2D eigenvalue weighted by Crippen LogP contribution is 2.31. The number of thiazole rings is 1. The molecule has 0 aliphatic carbocycles. The van der Waals surface area contributed by atoms with Crippen LogP contribution in [0.2, 0.25) is 5.02 Å². The van der Waals surface area contributed by atoms with Crippen molar-refractivity contribution in [3.8, 4) is 17.0 Å². The maximum atomic E-state index is 12.4. The highest BCUT2D eigenvalue weighted by atomic mass is 35.5. The highest BCUT2D eigenvalue weighted by molar-refractivity contribution is 7.14. The molecule has 0 radical (unpaired) electrons. The van der Waals surface area contributed by atoms with Crippen molar-refractivity contribution in [2.75, 3.05) is 17.7 Å². The summed E-state index contributed by atoms with van der Waals surface area (Å²) in [6.45, 7) is 0. The first-order valence-electron chi connectivity index (χ1n) is 9.16. The van der Waals surface area contributed by atoms with E-state index in [1.807, 2.05) is 53.9 Å². The second-order valence-electron chi connectivity index (χ2n) is 6.37. The van der Waals surface area contributed by atoms with Crippen molar-refractivity contribution in [2.45, 2.75) is 0 Å². The van der Waals surface area contributed by atoms with E-state index in [4.69, 9.17) is 16.3 Å². The largest absolute Gasteiger partial charge is 0.495 e. The molecule has 0 unspecified atom stereocenters. The number of carbonyl (C=O) groups excluding carboxylic acids is 1. The van der Waals surface area contributed by atoms with Gasteiger partial charge in [0.2, 0.25) is 0 Å². The molecule has 0 atom stereocenters. The van der Waals surface area contributed by atoms with Crippen LogP contribution in [0.1, 0.15) is 10.4 Å². The van der Waals surface area contributed by atoms with Gasteiger partial charge < -0.3 is 15.4 Å². The number of nitrogens with zero attached hydrogens (tertiary/aromatic N) is 1. The molecular weight excluding hydrogens is 418 g/mol. The Morgan fingerprint density at radius 3 is 2.50 bits per heavy atom. The van der Waals surface area contributed by atoms with Gasteiger partial charge in [-0.2, -0.15) is 0 Å². The van der Waals surface area contributed by atoms with Crippen LogP contribution >= 0.6 is 22.9 Å². The molecule has 4 rings (SSSR count). The molecule has 150 valence electrons. The summed E-state index contributed by atoms with van der Waals surface area (Å²) in [6, 6.07) is 22.2. The summed E-state index contributed by atoms with van der Waals surface area (Å²) in [5.74, 6) is 0.512. The minimum Gasteiger partial charge on any atom is -0.495 e. The van der Waals surface area contributed by atoms with Gasteiger partial charge in [0, 0.05) is 16.6 Å². The third-order valence-electron chi connectivity index (χ3n) is 4.41. The standard InChI is InChI=1S/C23H18ClN3O2S/c1-29-21-9-5-4-8-19(21)26-23-27-20(14-30-23)15-10-12-16(13-11-15)25-22(28)17-6-2-3-7-18(17)24/h2-14H,1H3,(H,25,28)(H,26,27). The van der Waals surface area contributed by atoms with E-state index in [1.165, 1.54) is 11.3 Å².